The number of hydrogen-bond donors (Lipinski definition) is 0. The van der Waals surface area contributed by atoms with Gasteiger partial charge in [-0.25, -0.2) is 14.1 Å². The van der Waals surface area contributed by atoms with E-state index in [1.54, 1.807) is 24.3 Å². The van der Waals surface area contributed by atoms with Crippen LogP contribution in [0.15, 0.2) is 54.6 Å². The Morgan fingerprint density at radius 3 is 2.17 bits per heavy atom. The lowest BCUT2D eigenvalue weighted by Crippen LogP contribution is -2.32. The molecule has 0 saturated carbocycles. The van der Waals surface area contributed by atoms with E-state index < -0.39 is 24.5 Å². The number of ether oxygens (including phenoxy) is 1. The third-order valence-corrected chi connectivity index (χ3v) is 3.50. The van der Waals surface area contributed by atoms with Gasteiger partial charge in [-0.15, -0.1) is 0 Å². The van der Waals surface area contributed by atoms with Gasteiger partial charge in [0.1, 0.15) is 5.82 Å². The molecule has 2 amide bonds. The number of imide groups is 1. The first-order chi connectivity index (χ1) is 11.6. The summed E-state index contributed by atoms with van der Waals surface area (Å²) >= 11 is 0. The van der Waals surface area contributed by atoms with Crippen molar-refractivity contribution in [3.63, 3.8) is 0 Å². The average molecular weight is 325 g/mol. The molecule has 0 bridgehead atoms. The van der Waals surface area contributed by atoms with Gasteiger partial charge in [0, 0.05) is 6.08 Å². The predicted molar refractivity (Wildman–Crippen MR) is 83.3 cm³/mol. The van der Waals surface area contributed by atoms with Crippen molar-refractivity contribution in [1.82, 2.24) is 4.90 Å². The highest BCUT2D eigenvalue weighted by Crippen LogP contribution is 2.22. The Bertz CT molecular complexity index is 807. The van der Waals surface area contributed by atoms with Crippen LogP contribution in [0.3, 0.4) is 0 Å². The molecule has 0 fully saturated rings. The molecule has 2 aromatic carbocycles. The number of benzene rings is 2. The number of nitrogens with zero attached hydrogens (tertiary/aromatic N) is 1. The Morgan fingerprint density at radius 2 is 1.58 bits per heavy atom. The molecule has 0 aromatic heterocycles. The Hall–Kier alpha value is -3.28. The highest BCUT2D eigenvalue weighted by atomic mass is 19.1. The number of fused-ring (bicyclic) bond motifs is 1. The third-order valence-electron chi connectivity index (χ3n) is 3.50. The second kappa shape index (κ2) is 6.45. The molecule has 120 valence electrons. The molecule has 0 atom stereocenters. The Morgan fingerprint density at radius 1 is 1.00 bits per heavy atom. The summed E-state index contributed by atoms with van der Waals surface area (Å²) in [4.78, 5) is 36.7. The van der Waals surface area contributed by atoms with Crippen LogP contribution in [0.2, 0.25) is 0 Å². The summed E-state index contributed by atoms with van der Waals surface area (Å²) in [6.45, 7) is -0.459. The van der Waals surface area contributed by atoms with E-state index in [-0.39, 0.29) is 5.82 Å². The highest BCUT2D eigenvalue weighted by molar-refractivity contribution is 6.21. The molecular weight excluding hydrogens is 313 g/mol. The average Bonchev–Trinajstić information content (AvgIpc) is 2.84. The fraction of sp³-hybridized carbons (Fsp3) is 0.0556. The van der Waals surface area contributed by atoms with Crippen molar-refractivity contribution in [1.29, 1.82) is 0 Å². The molecule has 5 nitrogen and oxygen atoms in total. The topological polar surface area (TPSA) is 63.7 Å². The van der Waals surface area contributed by atoms with Crippen LogP contribution in [0.1, 0.15) is 26.3 Å². The fourth-order valence-corrected chi connectivity index (χ4v) is 2.27. The number of hydrogen-bond acceptors (Lipinski definition) is 4. The maximum Gasteiger partial charge on any atom is 0.332 e. The van der Waals surface area contributed by atoms with Gasteiger partial charge in [-0.1, -0.05) is 24.3 Å². The third kappa shape index (κ3) is 3.08. The number of rotatable bonds is 4. The standard InChI is InChI=1S/C18H12FNO4/c19-13-8-5-12(6-9-13)7-10-16(21)24-11-20-17(22)14-3-1-2-4-15(14)18(20)23/h1-10H,11H2. The van der Waals surface area contributed by atoms with Crippen LogP contribution in [0.5, 0.6) is 0 Å². The summed E-state index contributed by atoms with van der Waals surface area (Å²) in [7, 11) is 0. The maximum absolute atomic E-state index is 12.8. The molecule has 3 rings (SSSR count). The van der Waals surface area contributed by atoms with Gasteiger partial charge in [0.15, 0.2) is 6.73 Å². The van der Waals surface area contributed by atoms with Gasteiger partial charge < -0.3 is 4.74 Å². The first kappa shape index (κ1) is 15.6. The summed E-state index contributed by atoms with van der Waals surface area (Å²) in [6.07, 6.45) is 2.59. The van der Waals surface area contributed by atoms with Crippen molar-refractivity contribution in [3.8, 4) is 0 Å². The molecular formula is C18H12FNO4. The van der Waals surface area contributed by atoms with Gasteiger partial charge in [-0.05, 0) is 35.9 Å². The van der Waals surface area contributed by atoms with Crippen LogP contribution in [0.4, 0.5) is 4.39 Å². The van der Waals surface area contributed by atoms with Gasteiger partial charge in [0.05, 0.1) is 11.1 Å². The second-order valence-corrected chi connectivity index (χ2v) is 5.06. The van der Waals surface area contributed by atoms with Gasteiger partial charge in [0.25, 0.3) is 11.8 Å². The van der Waals surface area contributed by atoms with E-state index in [1.165, 1.54) is 30.3 Å². The van der Waals surface area contributed by atoms with E-state index >= 15 is 0 Å². The fourth-order valence-electron chi connectivity index (χ4n) is 2.27. The van der Waals surface area contributed by atoms with E-state index in [9.17, 15) is 18.8 Å². The van der Waals surface area contributed by atoms with E-state index in [2.05, 4.69) is 0 Å². The minimum Gasteiger partial charge on any atom is -0.441 e. The van der Waals surface area contributed by atoms with E-state index in [0.717, 1.165) is 11.0 Å². The SMILES string of the molecule is O=C(C=Cc1ccc(F)cc1)OCN1C(=O)c2ccccc2C1=O. The van der Waals surface area contributed by atoms with Crippen LogP contribution in [-0.4, -0.2) is 29.4 Å². The zero-order chi connectivity index (χ0) is 17.1. The largest absolute Gasteiger partial charge is 0.441 e. The molecule has 0 spiro atoms. The Labute approximate surface area is 137 Å². The monoisotopic (exact) mass is 325 g/mol. The lowest BCUT2D eigenvalue weighted by Gasteiger charge is -2.12. The maximum atomic E-state index is 12.8. The quantitative estimate of drug-likeness (QED) is 0.492. The summed E-state index contributed by atoms with van der Waals surface area (Å²) < 4.78 is 17.7. The van der Waals surface area contributed by atoms with Crippen molar-refractivity contribution in [2.75, 3.05) is 6.73 Å². The molecule has 0 aliphatic carbocycles. The molecule has 1 aliphatic rings. The van der Waals surface area contributed by atoms with Crippen molar-refractivity contribution in [3.05, 3.63) is 77.1 Å². The second-order valence-electron chi connectivity index (χ2n) is 5.06. The number of carbonyl (C=O) groups excluding carboxylic acids is 3. The van der Waals surface area contributed by atoms with Gasteiger partial charge in [-0.2, -0.15) is 0 Å². The number of halogens is 1. The van der Waals surface area contributed by atoms with Crippen LogP contribution in [0.25, 0.3) is 6.08 Å². The molecule has 24 heavy (non-hydrogen) atoms. The molecule has 0 unspecified atom stereocenters. The summed E-state index contributed by atoms with van der Waals surface area (Å²) in [6, 6.07) is 12.0. The molecule has 0 radical (unpaired) electrons. The molecule has 6 heteroatoms. The Balaban J connectivity index is 1.60. The van der Waals surface area contributed by atoms with Crippen LogP contribution in [0, 0.1) is 5.82 Å². The lowest BCUT2D eigenvalue weighted by molar-refractivity contribution is -0.140. The zero-order valence-corrected chi connectivity index (χ0v) is 12.4. The number of amides is 2. The first-order valence-electron chi connectivity index (χ1n) is 7.12. The predicted octanol–water partition coefficient (Wildman–Crippen LogP) is 2.64. The van der Waals surface area contributed by atoms with Gasteiger partial charge in [0.2, 0.25) is 0 Å². The minimum atomic E-state index is -0.712. The van der Waals surface area contributed by atoms with Crippen LogP contribution < -0.4 is 0 Å². The van der Waals surface area contributed by atoms with Gasteiger partial charge in [-0.3, -0.25) is 9.59 Å². The lowest BCUT2D eigenvalue weighted by atomic mass is 10.1. The summed E-state index contributed by atoms with van der Waals surface area (Å²) in [5, 5.41) is 0. The molecule has 0 N–H and O–H groups in total. The molecule has 1 aliphatic heterocycles. The normalized spacial score (nSPS) is 13.5. The van der Waals surface area contributed by atoms with Crippen molar-refractivity contribution in [2.45, 2.75) is 0 Å². The summed E-state index contributed by atoms with van der Waals surface area (Å²) in [5.74, 6) is -2.08. The van der Waals surface area contributed by atoms with E-state index in [0.29, 0.717) is 16.7 Å². The molecule has 0 saturated heterocycles. The molecule has 2 aromatic rings. The minimum absolute atomic E-state index is 0.292. The van der Waals surface area contributed by atoms with Crippen LogP contribution >= 0.6 is 0 Å². The van der Waals surface area contributed by atoms with Gasteiger partial charge >= 0.3 is 5.97 Å². The number of carbonyl (C=O) groups is 3. The van der Waals surface area contributed by atoms with Crippen molar-refractivity contribution < 1.29 is 23.5 Å². The number of esters is 1. The zero-order valence-electron chi connectivity index (χ0n) is 12.4. The smallest absolute Gasteiger partial charge is 0.332 e. The first-order valence-corrected chi connectivity index (χ1v) is 7.12. The van der Waals surface area contributed by atoms with Crippen molar-refractivity contribution in [2.24, 2.45) is 0 Å². The Kier molecular flexibility index (Phi) is 4.20. The van der Waals surface area contributed by atoms with E-state index in [1.807, 2.05) is 0 Å². The molecule has 1 heterocycles. The van der Waals surface area contributed by atoms with E-state index in [4.69, 9.17) is 4.74 Å². The van der Waals surface area contributed by atoms with Crippen LogP contribution in [-0.2, 0) is 9.53 Å². The summed E-state index contributed by atoms with van der Waals surface area (Å²) in [5.41, 5.74) is 1.20. The van der Waals surface area contributed by atoms with Crippen molar-refractivity contribution >= 4 is 23.9 Å². The highest BCUT2D eigenvalue weighted by Gasteiger charge is 2.35.